The summed E-state index contributed by atoms with van der Waals surface area (Å²) in [6, 6.07) is 18.9. The van der Waals surface area contributed by atoms with Gasteiger partial charge in [0.15, 0.2) is 15.7 Å². The zero-order valence-electron chi connectivity index (χ0n) is 15.3. The van der Waals surface area contributed by atoms with Crippen molar-refractivity contribution >= 4 is 22.2 Å². The first-order valence-corrected chi connectivity index (χ1v) is 9.45. The molecule has 0 aliphatic rings. The Morgan fingerprint density at radius 2 is 1.52 bits per heavy atom. The monoisotopic (exact) mass is 422 g/mol. The van der Waals surface area contributed by atoms with Gasteiger partial charge in [0.25, 0.3) is 5.91 Å². The van der Waals surface area contributed by atoms with Gasteiger partial charge in [0.05, 0.1) is 6.21 Å². The minimum Gasteiger partial charge on any atom is -0.742 e. The Bertz CT molecular complexity index is 1060. The van der Waals surface area contributed by atoms with Crippen LogP contribution in [-0.4, -0.2) is 30.2 Å². The van der Waals surface area contributed by atoms with Crippen molar-refractivity contribution in [1.29, 1.82) is 0 Å². The third kappa shape index (κ3) is 5.21. The van der Waals surface area contributed by atoms with Crippen molar-refractivity contribution in [2.75, 3.05) is 0 Å². The van der Waals surface area contributed by atoms with Gasteiger partial charge in [-0.05, 0) is 23.3 Å². The second-order valence-electron chi connectivity index (χ2n) is 5.75. The molecule has 1 aromatic heterocycles. The van der Waals surface area contributed by atoms with Crippen molar-refractivity contribution in [2.24, 2.45) is 5.10 Å². The number of aliphatic hydroxyl groups is 1. The van der Waals surface area contributed by atoms with E-state index in [0.717, 1.165) is 12.3 Å². The smallest absolute Gasteiger partial charge is 0.742 e. The first kappa shape index (κ1) is 23.0. The number of nitrogens with zero attached hydrogens (tertiary/aromatic N) is 1. The van der Waals surface area contributed by atoms with E-state index in [-0.39, 0.29) is 35.3 Å². The third-order valence-electron chi connectivity index (χ3n) is 3.92. The molecule has 0 saturated heterocycles. The fraction of sp³-hybridized carbons (Fsp3) is 0.0526. The normalized spacial score (nSPS) is 11.8. The van der Waals surface area contributed by atoms with Crippen molar-refractivity contribution < 1.29 is 56.8 Å². The van der Waals surface area contributed by atoms with Crippen LogP contribution in [0.15, 0.2) is 87.4 Å². The molecule has 3 aromatic rings. The van der Waals surface area contributed by atoms with Gasteiger partial charge in [-0.15, -0.1) is 0 Å². The first-order valence-electron chi connectivity index (χ1n) is 8.04. The number of carbonyl (C=O) groups excluding carboxylic acids is 1. The minimum atomic E-state index is -4.72. The zero-order chi connectivity index (χ0) is 20.2. The minimum absolute atomic E-state index is 0. The average molecular weight is 422 g/mol. The Labute approximate surface area is 189 Å². The van der Waals surface area contributed by atoms with Crippen molar-refractivity contribution in [1.82, 2.24) is 5.43 Å². The number of amides is 1. The van der Waals surface area contributed by atoms with Crippen LogP contribution >= 0.6 is 0 Å². The molecule has 2 aromatic carbocycles. The summed E-state index contributed by atoms with van der Waals surface area (Å²) in [6.45, 7) is 0. The fourth-order valence-electron chi connectivity index (χ4n) is 2.56. The van der Waals surface area contributed by atoms with Crippen molar-refractivity contribution in [3.63, 3.8) is 0 Å². The maximum atomic E-state index is 12.8. The van der Waals surface area contributed by atoms with Gasteiger partial charge in [-0.1, -0.05) is 60.7 Å². The van der Waals surface area contributed by atoms with Gasteiger partial charge in [-0.2, -0.15) is 5.10 Å². The molecule has 144 valence electrons. The van der Waals surface area contributed by atoms with E-state index in [1.165, 1.54) is 6.07 Å². The standard InChI is InChI=1S/C19H16N2O6S.Na/c22-18(21-20-13-16-11-12-17(27-16)28(24,25)26)19(23,14-7-3-1-4-8-14)15-9-5-2-6-10-15;/h1-13,23H,(H,21,22)(H,24,25,26);/q;+1/p-1/b20-13+;. The van der Waals surface area contributed by atoms with E-state index in [0.29, 0.717) is 11.1 Å². The van der Waals surface area contributed by atoms with E-state index in [2.05, 4.69) is 10.5 Å². The van der Waals surface area contributed by atoms with Gasteiger partial charge >= 0.3 is 29.6 Å². The Hall–Kier alpha value is -2.27. The molecule has 0 aliphatic carbocycles. The van der Waals surface area contributed by atoms with Crippen LogP contribution in [0.2, 0.25) is 0 Å². The van der Waals surface area contributed by atoms with E-state index in [1.807, 2.05) is 0 Å². The Kier molecular flexibility index (Phi) is 7.53. The summed E-state index contributed by atoms with van der Waals surface area (Å²) in [6.07, 6.45) is 1.02. The van der Waals surface area contributed by atoms with Crippen LogP contribution < -0.4 is 35.0 Å². The molecule has 0 aliphatic heterocycles. The molecule has 29 heavy (non-hydrogen) atoms. The number of hydrogen-bond donors (Lipinski definition) is 2. The van der Waals surface area contributed by atoms with E-state index >= 15 is 0 Å². The predicted octanol–water partition coefficient (Wildman–Crippen LogP) is -1.43. The summed E-state index contributed by atoms with van der Waals surface area (Å²) in [5, 5.41) is 14.1. The average Bonchev–Trinajstić information content (AvgIpc) is 3.18. The van der Waals surface area contributed by atoms with Crippen LogP contribution in [0.25, 0.3) is 0 Å². The van der Waals surface area contributed by atoms with Gasteiger partial charge in [-0.3, -0.25) is 4.79 Å². The number of benzene rings is 2. The number of furan rings is 1. The molecule has 8 nitrogen and oxygen atoms in total. The maximum Gasteiger partial charge on any atom is 1.00 e. The quantitative estimate of drug-likeness (QED) is 0.217. The van der Waals surface area contributed by atoms with Crippen LogP contribution in [0.1, 0.15) is 16.9 Å². The van der Waals surface area contributed by atoms with Gasteiger partial charge in [0.2, 0.25) is 5.09 Å². The first-order chi connectivity index (χ1) is 13.3. The van der Waals surface area contributed by atoms with Crippen LogP contribution in [-0.2, 0) is 20.5 Å². The Morgan fingerprint density at radius 1 is 1.00 bits per heavy atom. The zero-order valence-corrected chi connectivity index (χ0v) is 18.2. The van der Waals surface area contributed by atoms with Gasteiger partial charge in [0, 0.05) is 0 Å². The topological polar surface area (TPSA) is 132 Å². The molecule has 10 heteroatoms. The predicted molar refractivity (Wildman–Crippen MR) is 98.3 cm³/mol. The number of hydrogen-bond acceptors (Lipinski definition) is 7. The van der Waals surface area contributed by atoms with Crippen LogP contribution in [0.5, 0.6) is 0 Å². The van der Waals surface area contributed by atoms with E-state index < -0.39 is 26.7 Å². The summed E-state index contributed by atoms with van der Waals surface area (Å²) in [5.74, 6) is -0.887. The van der Waals surface area contributed by atoms with E-state index in [1.54, 1.807) is 60.7 Å². The summed E-state index contributed by atoms with van der Waals surface area (Å²) in [7, 11) is -4.72. The molecule has 0 unspecified atom stereocenters. The molecule has 3 rings (SSSR count). The van der Waals surface area contributed by atoms with Crippen molar-refractivity contribution in [2.45, 2.75) is 10.7 Å². The second kappa shape index (κ2) is 9.49. The van der Waals surface area contributed by atoms with Crippen LogP contribution in [0, 0.1) is 0 Å². The number of nitrogens with one attached hydrogen (secondary N) is 1. The summed E-state index contributed by atoms with van der Waals surface area (Å²) in [5.41, 5.74) is 0.881. The molecule has 1 heterocycles. The van der Waals surface area contributed by atoms with E-state index in [9.17, 15) is 22.9 Å². The molecule has 0 bridgehead atoms. The Morgan fingerprint density at radius 3 is 1.97 bits per heavy atom. The SMILES string of the molecule is O=C(N/N=C/c1ccc(S(=O)(=O)[O-])o1)C(O)(c1ccccc1)c1ccccc1.[Na+]. The number of hydrazone groups is 1. The molecule has 0 fully saturated rings. The third-order valence-corrected chi connectivity index (χ3v) is 4.63. The maximum absolute atomic E-state index is 12.8. The molecule has 2 N–H and O–H groups in total. The number of carbonyl (C=O) groups is 1. The molecule has 1 amide bonds. The van der Waals surface area contributed by atoms with Gasteiger partial charge in [0.1, 0.15) is 5.76 Å². The molecule has 0 radical (unpaired) electrons. The molecule has 0 atom stereocenters. The molecular formula is C19H15N2NaO6S. The van der Waals surface area contributed by atoms with Crippen molar-refractivity contribution in [3.05, 3.63) is 89.7 Å². The summed E-state index contributed by atoms with van der Waals surface area (Å²) < 4.78 is 37.5. The van der Waals surface area contributed by atoms with Gasteiger partial charge < -0.3 is 14.1 Å². The van der Waals surface area contributed by atoms with Crippen LogP contribution in [0.3, 0.4) is 0 Å². The van der Waals surface area contributed by atoms with Gasteiger partial charge in [-0.25, -0.2) is 13.8 Å². The second-order valence-corrected chi connectivity index (χ2v) is 7.06. The summed E-state index contributed by atoms with van der Waals surface area (Å²) >= 11 is 0. The Balaban J connectivity index is 0.00000300. The van der Waals surface area contributed by atoms with Crippen molar-refractivity contribution in [3.8, 4) is 0 Å². The van der Waals surface area contributed by atoms with Crippen LogP contribution in [0.4, 0.5) is 0 Å². The van der Waals surface area contributed by atoms with E-state index in [4.69, 9.17) is 4.42 Å². The number of rotatable bonds is 6. The molecular weight excluding hydrogens is 407 g/mol. The largest absolute Gasteiger partial charge is 1.00 e. The molecule has 0 saturated carbocycles. The fourth-order valence-corrected chi connectivity index (χ4v) is 2.99. The summed E-state index contributed by atoms with van der Waals surface area (Å²) in [4.78, 5) is 12.8. The molecule has 0 spiro atoms.